The van der Waals surface area contributed by atoms with E-state index >= 15 is 0 Å². The third kappa shape index (κ3) is 3.73. The van der Waals surface area contributed by atoms with E-state index in [0.717, 1.165) is 49.7 Å². The van der Waals surface area contributed by atoms with Crippen molar-refractivity contribution in [2.24, 2.45) is 0 Å². The highest BCUT2D eigenvalue weighted by Gasteiger charge is 2.10. The molecule has 0 amide bonds. The zero-order valence-electron chi connectivity index (χ0n) is 13.8. The summed E-state index contributed by atoms with van der Waals surface area (Å²) in [7, 11) is 0. The molecule has 0 radical (unpaired) electrons. The molecule has 24 heavy (non-hydrogen) atoms. The van der Waals surface area contributed by atoms with Crippen molar-refractivity contribution in [1.82, 2.24) is 0 Å². The highest BCUT2D eigenvalue weighted by Crippen LogP contribution is 2.24. The van der Waals surface area contributed by atoms with Crippen molar-refractivity contribution in [1.29, 1.82) is 10.5 Å². The second-order valence-electron chi connectivity index (χ2n) is 6.31. The first-order valence-corrected chi connectivity index (χ1v) is 8.50. The fourth-order valence-electron chi connectivity index (χ4n) is 3.33. The van der Waals surface area contributed by atoms with Crippen LogP contribution in [0.1, 0.15) is 40.7 Å². The Hall–Kier alpha value is -2.84. The van der Waals surface area contributed by atoms with Crippen LogP contribution < -0.4 is 0 Å². The van der Waals surface area contributed by atoms with Crippen molar-refractivity contribution in [3.8, 4) is 12.1 Å². The Morgan fingerprint density at radius 3 is 2.00 bits per heavy atom. The number of allylic oxidation sites excluding steroid dienone is 2. The molecule has 0 aromatic heterocycles. The first-order chi connectivity index (χ1) is 11.8. The molecule has 118 valence electrons. The van der Waals surface area contributed by atoms with Crippen LogP contribution >= 0.6 is 0 Å². The summed E-state index contributed by atoms with van der Waals surface area (Å²) in [6, 6.07) is 19.6. The Kier molecular flexibility index (Phi) is 5.09. The number of rotatable bonds is 1. The average molecular weight is 312 g/mol. The molecule has 0 aliphatic heterocycles. The van der Waals surface area contributed by atoms with Gasteiger partial charge in [-0.1, -0.05) is 42.5 Å². The van der Waals surface area contributed by atoms with Crippen LogP contribution in [0.4, 0.5) is 0 Å². The van der Waals surface area contributed by atoms with E-state index in [-0.39, 0.29) is 0 Å². The fourth-order valence-corrected chi connectivity index (χ4v) is 3.33. The van der Waals surface area contributed by atoms with Crippen LogP contribution in [-0.4, -0.2) is 0 Å². The Balaban J connectivity index is 1.96. The summed E-state index contributed by atoms with van der Waals surface area (Å²) in [4.78, 5) is 0. The van der Waals surface area contributed by atoms with Gasteiger partial charge in [0.05, 0.1) is 11.6 Å². The predicted molar refractivity (Wildman–Crippen MR) is 96.1 cm³/mol. The Labute approximate surface area is 143 Å². The second kappa shape index (κ2) is 7.62. The molecule has 0 heterocycles. The molecule has 0 atom stereocenters. The van der Waals surface area contributed by atoms with E-state index in [2.05, 4.69) is 48.5 Å². The minimum atomic E-state index is 0.477. The van der Waals surface area contributed by atoms with Crippen LogP contribution in [0.5, 0.6) is 0 Å². The maximum atomic E-state index is 9.41. The van der Waals surface area contributed by atoms with Crippen LogP contribution in [0.25, 0.3) is 5.57 Å². The van der Waals surface area contributed by atoms with E-state index in [4.69, 9.17) is 5.26 Å². The second-order valence-corrected chi connectivity index (χ2v) is 6.31. The number of aryl methyl sites for hydroxylation is 4. The van der Waals surface area contributed by atoms with E-state index in [1.807, 2.05) is 6.07 Å². The zero-order chi connectivity index (χ0) is 16.8. The standard InChI is InChI=1S/C22H20N2/c23-14-13-21(16-24)22-15-19-5-1-3-17-7-9-18(10-8-17)4-2-6-20(22)12-11-19/h7-13,15H,1-6H2/b21-13-. The lowest BCUT2D eigenvalue weighted by molar-refractivity contribution is 0.799. The van der Waals surface area contributed by atoms with Gasteiger partial charge in [-0.2, -0.15) is 10.5 Å². The first kappa shape index (κ1) is 16.0. The van der Waals surface area contributed by atoms with Crippen LogP contribution in [-0.2, 0) is 25.7 Å². The molecule has 0 saturated carbocycles. The lowest BCUT2D eigenvalue weighted by Gasteiger charge is -2.13. The molecule has 2 aromatic rings. The maximum Gasteiger partial charge on any atom is 0.101 e. The molecule has 0 N–H and O–H groups in total. The van der Waals surface area contributed by atoms with Crippen molar-refractivity contribution < 1.29 is 0 Å². The average Bonchev–Trinajstić information content (AvgIpc) is 2.62. The van der Waals surface area contributed by atoms with E-state index in [9.17, 15) is 5.26 Å². The van der Waals surface area contributed by atoms with Crippen LogP contribution in [0.3, 0.4) is 0 Å². The van der Waals surface area contributed by atoms with E-state index in [1.165, 1.54) is 22.8 Å². The normalized spacial score (nSPS) is 14.7. The maximum absolute atomic E-state index is 9.41. The van der Waals surface area contributed by atoms with E-state index in [1.54, 1.807) is 0 Å². The summed E-state index contributed by atoms with van der Waals surface area (Å²) in [6.45, 7) is 0. The quantitative estimate of drug-likeness (QED) is 0.711. The van der Waals surface area contributed by atoms with Gasteiger partial charge < -0.3 is 0 Å². The summed E-state index contributed by atoms with van der Waals surface area (Å²) in [5, 5.41) is 18.4. The van der Waals surface area contributed by atoms with Crippen molar-refractivity contribution in [2.45, 2.75) is 38.5 Å². The zero-order valence-corrected chi connectivity index (χ0v) is 13.8. The van der Waals surface area contributed by atoms with Gasteiger partial charge in [-0.25, -0.2) is 0 Å². The summed E-state index contributed by atoms with van der Waals surface area (Å²) >= 11 is 0. The number of nitriles is 2. The molecule has 4 aliphatic carbocycles. The molecule has 0 fully saturated rings. The molecule has 2 nitrogen and oxygen atoms in total. The molecule has 0 saturated heterocycles. The third-order valence-electron chi connectivity index (χ3n) is 4.66. The van der Waals surface area contributed by atoms with Gasteiger partial charge in [-0.05, 0) is 66.3 Å². The van der Waals surface area contributed by atoms with Crippen molar-refractivity contribution in [3.63, 3.8) is 0 Å². The van der Waals surface area contributed by atoms with Crippen LogP contribution in [0.15, 0.2) is 48.5 Å². The van der Waals surface area contributed by atoms with Gasteiger partial charge in [0.2, 0.25) is 0 Å². The largest absolute Gasteiger partial charge is 0.193 e. The van der Waals surface area contributed by atoms with Crippen molar-refractivity contribution >= 4 is 5.57 Å². The topological polar surface area (TPSA) is 47.6 Å². The lowest BCUT2D eigenvalue weighted by Crippen LogP contribution is -2.00. The van der Waals surface area contributed by atoms with Gasteiger partial charge in [0.25, 0.3) is 0 Å². The number of benzene rings is 2. The van der Waals surface area contributed by atoms with Crippen LogP contribution in [0.2, 0.25) is 0 Å². The van der Waals surface area contributed by atoms with Gasteiger partial charge in [0, 0.05) is 6.08 Å². The Morgan fingerprint density at radius 1 is 0.792 bits per heavy atom. The molecule has 2 aromatic carbocycles. The van der Waals surface area contributed by atoms with E-state index < -0.39 is 0 Å². The monoisotopic (exact) mass is 312 g/mol. The lowest BCUT2D eigenvalue weighted by atomic mass is 9.91. The minimum Gasteiger partial charge on any atom is -0.193 e. The molecular formula is C22H20N2. The summed E-state index contributed by atoms with van der Waals surface area (Å²) < 4.78 is 0. The molecule has 2 heteroatoms. The Bertz CT molecular complexity index is 830. The van der Waals surface area contributed by atoms with Gasteiger partial charge in [0.1, 0.15) is 6.07 Å². The van der Waals surface area contributed by atoms with Gasteiger partial charge in [0.15, 0.2) is 0 Å². The molecule has 0 spiro atoms. The molecule has 0 unspecified atom stereocenters. The highest BCUT2D eigenvalue weighted by molar-refractivity contribution is 5.80. The smallest absolute Gasteiger partial charge is 0.101 e. The number of hydrogen-bond acceptors (Lipinski definition) is 2. The van der Waals surface area contributed by atoms with Gasteiger partial charge in [-0.15, -0.1) is 0 Å². The summed E-state index contributed by atoms with van der Waals surface area (Å²) in [5.41, 5.74) is 6.56. The molecular weight excluding hydrogens is 292 g/mol. The van der Waals surface area contributed by atoms with Crippen molar-refractivity contribution in [2.75, 3.05) is 0 Å². The first-order valence-electron chi connectivity index (χ1n) is 8.50. The molecule has 6 rings (SSSR count). The van der Waals surface area contributed by atoms with Crippen LogP contribution in [0, 0.1) is 22.7 Å². The Morgan fingerprint density at radius 2 is 1.38 bits per heavy atom. The van der Waals surface area contributed by atoms with Crippen molar-refractivity contribution in [3.05, 3.63) is 76.4 Å². The molecule has 4 aliphatic rings. The number of hydrogen-bond donors (Lipinski definition) is 0. The third-order valence-corrected chi connectivity index (χ3v) is 4.66. The SMILES string of the molecule is N#C/C=C(/C#N)c1cc2ccc1CCCc1ccc(cc1)CCC2. The van der Waals surface area contributed by atoms with Gasteiger partial charge in [-0.3, -0.25) is 0 Å². The fraction of sp³-hybridized carbons (Fsp3) is 0.273. The summed E-state index contributed by atoms with van der Waals surface area (Å²) in [6.07, 6.45) is 7.49. The number of nitrogens with zero attached hydrogens (tertiary/aromatic N) is 2. The van der Waals surface area contributed by atoms with E-state index in [0.29, 0.717) is 5.57 Å². The predicted octanol–water partition coefficient (Wildman–Crippen LogP) is 4.78. The molecule has 4 bridgehead atoms. The van der Waals surface area contributed by atoms with Gasteiger partial charge >= 0.3 is 0 Å². The minimum absolute atomic E-state index is 0.477. The summed E-state index contributed by atoms with van der Waals surface area (Å²) in [5.74, 6) is 0. The highest BCUT2D eigenvalue weighted by atomic mass is 14.3.